The average molecular weight is 150 g/mol. The van der Waals surface area contributed by atoms with Crippen molar-refractivity contribution in [2.24, 2.45) is 10.8 Å². The second-order valence-corrected chi connectivity index (χ2v) is 4.12. The monoisotopic (exact) mass is 150 g/mol. The quantitative estimate of drug-likeness (QED) is 0.498. The summed E-state index contributed by atoms with van der Waals surface area (Å²) >= 11 is 0. The van der Waals surface area contributed by atoms with Crippen molar-refractivity contribution in [2.75, 3.05) is 0 Å². The molecule has 3 saturated carbocycles. The SMILES string of the molecule is CC12CC(C(F)(F)F)(C1)C2. The summed E-state index contributed by atoms with van der Waals surface area (Å²) < 4.78 is 36.3. The maximum Gasteiger partial charge on any atom is 0.394 e. The maximum atomic E-state index is 12.1. The smallest absolute Gasteiger partial charge is 0.171 e. The Bertz CT molecular complexity index is 160. The van der Waals surface area contributed by atoms with Crippen LogP contribution in [0.5, 0.6) is 0 Å². The number of hydrogen-bond donors (Lipinski definition) is 0. The van der Waals surface area contributed by atoms with E-state index in [0.29, 0.717) is 19.3 Å². The normalized spacial score (nSPS) is 51.6. The summed E-state index contributed by atoms with van der Waals surface area (Å²) in [6, 6.07) is 0. The van der Waals surface area contributed by atoms with Crippen molar-refractivity contribution in [1.29, 1.82) is 0 Å². The van der Waals surface area contributed by atoms with Crippen molar-refractivity contribution < 1.29 is 13.2 Å². The molecule has 0 amide bonds. The van der Waals surface area contributed by atoms with E-state index in [1.807, 2.05) is 6.92 Å². The Balaban J connectivity index is 2.11. The van der Waals surface area contributed by atoms with Gasteiger partial charge < -0.3 is 0 Å². The number of hydrogen-bond acceptors (Lipinski definition) is 0. The van der Waals surface area contributed by atoms with Gasteiger partial charge in [-0.2, -0.15) is 13.2 Å². The Hall–Kier alpha value is -0.210. The second-order valence-electron chi connectivity index (χ2n) is 4.12. The molecule has 58 valence electrons. The molecule has 0 N–H and O–H groups in total. The standard InChI is InChI=1S/C7H9F3/c1-5-2-6(3-5,4-5)7(8,9)10/h2-4H2,1H3. The predicted octanol–water partition coefficient (Wildman–Crippen LogP) is 2.74. The number of halogens is 3. The Morgan fingerprint density at radius 3 is 1.60 bits per heavy atom. The molecule has 3 aliphatic carbocycles. The fourth-order valence-electron chi connectivity index (χ4n) is 2.60. The Morgan fingerprint density at radius 2 is 1.50 bits per heavy atom. The van der Waals surface area contributed by atoms with Gasteiger partial charge in [-0.3, -0.25) is 0 Å². The van der Waals surface area contributed by atoms with Gasteiger partial charge >= 0.3 is 6.18 Å². The molecular formula is C7H9F3. The van der Waals surface area contributed by atoms with Crippen molar-refractivity contribution >= 4 is 0 Å². The summed E-state index contributed by atoms with van der Waals surface area (Å²) in [5.74, 6) is 0. The van der Waals surface area contributed by atoms with E-state index in [1.54, 1.807) is 0 Å². The van der Waals surface area contributed by atoms with Crippen LogP contribution in [0.15, 0.2) is 0 Å². The first-order valence-electron chi connectivity index (χ1n) is 3.44. The summed E-state index contributed by atoms with van der Waals surface area (Å²) in [5, 5.41) is 0. The fourth-order valence-corrected chi connectivity index (χ4v) is 2.60. The van der Waals surface area contributed by atoms with Gasteiger partial charge in [-0.25, -0.2) is 0 Å². The summed E-state index contributed by atoms with van der Waals surface area (Å²) in [7, 11) is 0. The van der Waals surface area contributed by atoms with E-state index >= 15 is 0 Å². The van der Waals surface area contributed by atoms with Crippen LogP contribution >= 0.6 is 0 Å². The van der Waals surface area contributed by atoms with E-state index < -0.39 is 11.6 Å². The molecule has 0 saturated heterocycles. The Kier molecular flexibility index (Phi) is 0.802. The Morgan fingerprint density at radius 1 is 1.10 bits per heavy atom. The van der Waals surface area contributed by atoms with Crippen LogP contribution < -0.4 is 0 Å². The molecule has 0 unspecified atom stereocenters. The van der Waals surface area contributed by atoms with Crippen molar-refractivity contribution in [2.45, 2.75) is 32.4 Å². The summed E-state index contributed by atoms with van der Waals surface area (Å²) in [6.45, 7) is 1.93. The van der Waals surface area contributed by atoms with Crippen LogP contribution in [-0.4, -0.2) is 6.18 Å². The highest BCUT2D eigenvalue weighted by molar-refractivity contribution is 5.17. The molecule has 0 radical (unpaired) electrons. The molecule has 0 aromatic rings. The van der Waals surface area contributed by atoms with Gasteiger partial charge in [0.1, 0.15) is 0 Å². The van der Waals surface area contributed by atoms with Gasteiger partial charge in [0.25, 0.3) is 0 Å². The van der Waals surface area contributed by atoms with Gasteiger partial charge in [-0.15, -0.1) is 0 Å². The molecule has 0 aliphatic heterocycles. The van der Waals surface area contributed by atoms with Crippen LogP contribution in [0.4, 0.5) is 13.2 Å². The van der Waals surface area contributed by atoms with Crippen LogP contribution in [0.3, 0.4) is 0 Å². The highest BCUT2D eigenvalue weighted by Gasteiger charge is 2.76. The topological polar surface area (TPSA) is 0 Å². The zero-order valence-electron chi connectivity index (χ0n) is 5.76. The third-order valence-corrected chi connectivity index (χ3v) is 2.90. The lowest BCUT2D eigenvalue weighted by Gasteiger charge is -2.69. The van der Waals surface area contributed by atoms with Gasteiger partial charge in [-0.05, 0) is 24.7 Å². The lowest BCUT2D eigenvalue weighted by atomic mass is 9.35. The minimum absolute atomic E-state index is 0.0650. The number of alkyl halides is 3. The van der Waals surface area contributed by atoms with Crippen LogP contribution in [0, 0.1) is 10.8 Å². The molecule has 3 heteroatoms. The molecule has 3 aliphatic rings. The molecule has 3 rings (SSSR count). The average Bonchev–Trinajstić information content (AvgIpc) is 1.51. The van der Waals surface area contributed by atoms with Crippen molar-refractivity contribution in [3.8, 4) is 0 Å². The zero-order valence-corrected chi connectivity index (χ0v) is 5.76. The van der Waals surface area contributed by atoms with Crippen molar-refractivity contribution in [3.63, 3.8) is 0 Å². The van der Waals surface area contributed by atoms with E-state index in [1.165, 1.54) is 0 Å². The van der Waals surface area contributed by atoms with Gasteiger partial charge in [0, 0.05) is 0 Å². The molecule has 2 bridgehead atoms. The molecule has 0 spiro atoms. The number of rotatable bonds is 0. The molecule has 0 nitrogen and oxygen atoms in total. The van der Waals surface area contributed by atoms with E-state index in [4.69, 9.17) is 0 Å². The molecule has 0 heterocycles. The zero-order chi connectivity index (χ0) is 7.62. The summed E-state index contributed by atoms with van der Waals surface area (Å²) in [6.07, 6.45) is -2.79. The van der Waals surface area contributed by atoms with Gasteiger partial charge in [0.2, 0.25) is 0 Å². The summed E-state index contributed by atoms with van der Waals surface area (Å²) in [4.78, 5) is 0. The minimum Gasteiger partial charge on any atom is -0.171 e. The van der Waals surface area contributed by atoms with Gasteiger partial charge in [-0.1, -0.05) is 6.92 Å². The summed E-state index contributed by atoms with van der Waals surface area (Å²) in [5.41, 5.74) is -1.17. The largest absolute Gasteiger partial charge is 0.394 e. The van der Waals surface area contributed by atoms with E-state index in [-0.39, 0.29) is 5.41 Å². The molecule has 3 fully saturated rings. The highest BCUT2D eigenvalue weighted by atomic mass is 19.4. The Labute approximate surface area is 57.4 Å². The van der Waals surface area contributed by atoms with E-state index in [0.717, 1.165) is 0 Å². The first-order valence-corrected chi connectivity index (χ1v) is 3.44. The highest BCUT2D eigenvalue weighted by Crippen LogP contribution is 2.78. The van der Waals surface area contributed by atoms with Crippen LogP contribution in [-0.2, 0) is 0 Å². The second kappa shape index (κ2) is 1.23. The van der Waals surface area contributed by atoms with Crippen LogP contribution in [0.25, 0.3) is 0 Å². The predicted molar refractivity (Wildman–Crippen MR) is 30.4 cm³/mol. The first kappa shape index (κ1) is 6.50. The third-order valence-electron chi connectivity index (χ3n) is 2.90. The molecule has 0 aromatic heterocycles. The van der Waals surface area contributed by atoms with Crippen molar-refractivity contribution in [1.82, 2.24) is 0 Å². The molecule has 0 atom stereocenters. The molecule has 10 heavy (non-hydrogen) atoms. The van der Waals surface area contributed by atoms with Gasteiger partial charge in [0.05, 0.1) is 5.41 Å². The van der Waals surface area contributed by atoms with E-state index in [9.17, 15) is 13.2 Å². The third kappa shape index (κ3) is 0.500. The van der Waals surface area contributed by atoms with Crippen LogP contribution in [0.1, 0.15) is 26.2 Å². The molecular weight excluding hydrogens is 141 g/mol. The lowest BCUT2D eigenvalue weighted by Crippen LogP contribution is -2.66. The molecule has 0 aromatic carbocycles. The van der Waals surface area contributed by atoms with Gasteiger partial charge in [0.15, 0.2) is 0 Å². The minimum atomic E-state index is -3.93. The van der Waals surface area contributed by atoms with Crippen LogP contribution in [0.2, 0.25) is 0 Å². The first-order chi connectivity index (χ1) is 4.37. The fraction of sp³-hybridized carbons (Fsp3) is 1.00. The van der Waals surface area contributed by atoms with Crippen molar-refractivity contribution in [3.05, 3.63) is 0 Å². The lowest BCUT2D eigenvalue weighted by molar-refractivity contribution is -0.358. The maximum absolute atomic E-state index is 12.1. The van der Waals surface area contributed by atoms with E-state index in [2.05, 4.69) is 0 Å².